The molecular weight excluding hydrogens is 703 g/mol. The number of hydrogen-bond acceptors (Lipinski definition) is 10. The van der Waals surface area contributed by atoms with Crippen LogP contribution in [0.4, 0.5) is 0 Å². The first kappa shape index (κ1) is 43.9. The summed E-state index contributed by atoms with van der Waals surface area (Å²) in [6.45, 7) is 9.69. The molecule has 2 unspecified atom stereocenters. The number of ether oxygens (including phenoxy) is 6. The molecule has 0 aliphatic carbocycles. The summed E-state index contributed by atoms with van der Waals surface area (Å²) < 4.78 is 34.1. The Bertz CT molecular complexity index is 1300. The minimum absolute atomic E-state index is 0.243. The van der Waals surface area contributed by atoms with Gasteiger partial charge in [0.2, 0.25) is 11.4 Å². The Morgan fingerprint density at radius 2 is 0.922 bits per heavy atom. The molecule has 0 bridgehead atoms. The Kier molecular flexibility index (Phi) is 17.3. The van der Waals surface area contributed by atoms with Crippen LogP contribution in [-0.4, -0.2) is 85.0 Å². The highest BCUT2D eigenvalue weighted by atomic mass is 35.5. The number of esters is 2. The number of benzene rings is 2. The minimum Gasteiger partial charge on any atom is -0.436 e. The maximum Gasteiger partial charge on any atom is 0.319 e. The zero-order chi connectivity index (χ0) is 38.3. The van der Waals surface area contributed by atoms with Gasteiger partial charge in [0, 0.05) is 25.3 Å². The van der Waals surface area contributed by atoms with Crippen molar-refractivity contribution in [2.75, 3.05) is 27.8 Å². The second kappa shape index (κ2) is 20.1. The Morgan fingerprint density at radius 3 is 1.20 bits per heavy atom. The van der Waals surface area contributed by atoms with Crippen molar-refractivity contribution in [3.8, 4) is 0 Å². The van der Waals surface area contributed by atoms with Crippen molar-refractivity contribution in [2.24, 2.45) is 0 Å². The van der Waals surface area contributed by atoms with Gasteiger partial charge < -0.3 is 39.1 Å². The molecule has 14 heteroatoms. The van der Waals surface area contributed by atoms with Crippen molar-refractivity contribution in [1.82, 2.24) is 10.6 Å². The lowest BCUT2D eigenvalue weighted by Crippen LogP contribution is -2.65. The van der Waals surface area contributed by atoms with Gasteiger partial charge in [0.15, 0.2) is 0 Å². The summed E-state index contributed by atoms with van der Waals surface area (Å²) in [5.74, 6) is -3.33. The third-order valence-electron chi connectivity index (χ3n) is 8.73. The highest BCUT2D eigenvalue weighted by molar-refractivity contribution is 6.24. The lowest BCUT2D eigenvalue weighted by molar-refractivity contribution is -0.209. The van der Waals surface area contributed by atoms with Gasteiger partial charge in [0.1, 0.15) is 32.2 Å². The van der Waals surface area contributed by atoms with Crippen molar-refractivity contribution >= 4 is 47.0 Å². The number of nitrogens with one attached hydrogen (secondary N) is 2. The van der Waals surface area contributed by atoms with E-state index in [0.717, 1.165) is 0 Å². The van der Waals surface area contributed by atoms with E-state index in [-0.39, 0.29) is 24.7 Å². The summed E-state index contributed by atoms with van der Waals surface area (Å²) in [4.78, 5) is 52.0. The molecule has 0 saturated carbocycles. The maximum atomic E-state index is 13.7. The van der Waals surface area contributed by atoms with E-state index in [1.165, 1.54) is 28.1 Å². The molecule has 284 valence electrons. The number of carbonyl (C=O) groups is 4. The number of alkyl halides is 2. The normalized spacial score (nSPS) is 15.4. The predicted molar refractivity (Wildman–Crippen MR) is 193 cm³/mol. The number of hydrogen-bond donors (Lipinski definition) is 2. The van der Waals surface area contributed by atoms with Crippen LogP contribution in [0.1, 0.15) is 94.4 Å². The Morgan fingerprint density at radius 1 is 0.608 bits per heavy atom. The van der Waals surface area contributed by atoms with Crippen LogP contribution >= 0.6 is 23.2 Å². The zero-order valence-corrected chi connectivity index (χ0v) is 32.2. The minimum atomic E-state index is -1.92. The van der Waals surface area contributed by atoms with E-state index in [9.17, 15) is 19.2 Å². The largest absolute Gasteiger partial charge is 0.436 e. The molecule has 4 atom stereocenters. The summed E-state index contributed by atoms with van der Waals surface area (Å²) in [5, 5.41) is 5.52. The lowest BCUT2D eigenvalue weighted by atomic mass is 9.88. The number of methoxy groups -OCH3 is 2. The molecular formula is C37H52Cl2N2O10. The van der Waals surface area contributed by atoms with E-state index in [2.05, 4.69) is 10.6 Å². The zero-order valence-electron chi connectivity index (χ0n) is 30.7. The van der Waals surface area contributed by atoms with Gasteiger partial charge in [0.05, 0.1) is 9.75 Å². The fourth-order valence-corrected chi connectivity index (χ4v) is 6.39. The molecule has 12 nitrogen and oxygen atoms in total. The van der Waals surface area contributed by atoms with E-state index >= 15 is 0 Å². The average Bonchev–Trinajstić information content (AvgIpc) is 3.11. The van der Waals surface area contributed by atoms with Gasteiger partial charge in [-0.2, -0.15) is 0 Å². The first-order chi connectivity index (χ1) is 24.1. The van der Waals surface area contributed by atoms with E-state index in [4.69, 9.17) is 51.6 Å². The molecule has 2 amide bonds. The van der Waals surface area contributed by atoms with Gasteiger partial charge in [-0.05, 0) is 63.8 Å². The number of rotatable bonds is 22. The summed E-state index contributed by atoms with van der Waals surface area (Å²) in [6.07, 6.45) is -1.83. The molecule has 0 fully saturated rings. The van der Waals surface area contributed by atoms with Gasteiger partial charge in [-0.3, -0.25) is 19.2 Å². The van der Waals surface area contributed by atoms with Gasteiger partial charge in [0.25, 0.3) is 11.8 Å². The summed E-state index contributed by atoms with van der Waals surface area (Å²) >= 11 is 14.1. The third-order valence-corrected chi connectivity index (χ3v) is 10.2. The summed E-state index contributed by atoms with van der Waals surface area (Å²) in [7, 11) is 2.83. The van der Waals surface area contributed by atoms with Crippen LogP contribution in [0, 0.1) is 0 Å². The fourth-order valence-electron chi connectivity index (χ4n) is 5.84. The van der Waals surface area contributed by atoms with Crippen LogP contribution in [0.5, 0.6) is 0 Å². The van der Waals surface area contributed by atoms with Crippen LogP contribution < -0.4 is 10.6 Å². The molecule has 0 saturated heterocycles. The molecule has 0 heterocycles. The fraction of sp³-hybridized carbons (Fsp3) is 0.568. The molecule has 2 aromatic rings. The highest BCUT2D eigenvalue weighted by Gasteiger charge is 2.53. The van der Waals surface area contributed by atoms with Crippen molar-refractivity contribution in [3.63, 3.8) is 0 Å². The average molecular weight is 756 g/mol. The Balaban J connectivity index is 2.52. The second-order valence-electron chi connectivity index (χ2n) is 12.4. The number of carbonyl (C=O) groups excluding carboxylic acids is 4. The molecule has 0 aromatic heterocycles. The Hall–Kier alpha value is -3.26. The molecule has 2 aromatic carbocycles. The van der Waals surface area contributed by atoms with Gasteiger partial charge in [-0.25, -0.2) is 0 Å². The molecule has 0 radical (unpaired) electrons. The second-order valence-corrected chi connectivity index (χ2v) is 13.9. The van der Waals surface area contributed by atoms with E-state index in [0.29, 0.717) is 25.7 Å². The monoisotopic (exact) mass is 754 g/mol. The highest BCUT2D eigenvalue weighted by Crippen LogP contribution is 2.39. The van der Waals surface area contributed by atoms with Gasteiger partial charge in [-0.15, -0.1) is 23.2 Å². The molecule has 2 rings (SSSR count). The molecule has 0 aliphatic heterocycles. The number of halogens is 2. The molecule has 0 spiro atoms. The Labute approximate surface area is 311 Å². The van der Waals surface area contributed by atoms with Crippen LogP contribution in [0.3, 0.4) is 0 Å². The maximum absolute atomic E-state index is 13.7. The van der Waals surface area contributed by atoms with E-state index < -0.39 is 63.6 Å². The quantitative estimate of drug-likeness (QED) is 0.0605. The standard InChI is InChI=1S/C37H52Cl2N2O10/c1-9-36(38,10-2)32(48-24-46-7)34(5,40-30(44)26-19-15-13-16-20-26)50-28(42)23-29(43)51-35(6,41-31(45)27-21-17-14-18-22-27)33(49-25-47-8)37(39,11-3)12-4/h13-22,32-33H,9-12,23-25H2,1-8H3,(H,40,44)(H,41,45)/t32-,33-,34?,35?/m0/s1. The van der Waals surface area contributed by atoms with Crippen LogP contribution in [0.15, 0.2) is 60.7 Å². The van der Waals surface area contributed by atoms with Crippen LogP contribution in [0.2, 0.25) is 0 Å². The number of amides is 2. The smallest absolute Gasteiger partial charge is 0.319 e. The van der Waals surface area contributed by atoms with Crippen molar-refractivity contribution in [3.05, 3.63) is 71.8 Å². The van der Waals surface area contributed by atoms with Crippen LogP contribution in [-0.2, 0) is 38.0 Å². The molecule has 2 N–H and O–H groups in total. The molecule has 0 aliphatic rings. The summed E-state index contributed by atoms with van der Waals surface area (Å²) in [5.41, 5.74) is -3.27. The van der Waals surface area contributed by atoms with Gasteiger partial charge in [-0.1, -0.05) is 64.1 Å². The van der Waals surface area contributed by atoms with Crippen molar-refractivity contribution in [2.45, 2.75) is 107 Å². The van der Waals surface area contributed by atoms with Crippen LogP contribution in [0.25, 0.3) is 0 Å². The van der Waals surface area contributed by atoms with E-state index in [1.54, 1.807) is 60.7 Å². The predicted octanol–water partition coefficient (Wildman–Crippen LogP) is 6.33. The van der Waals surface area contributed by atoms with Crippen molar-refractivity contribution < 1.29 is 47.6 Å². The lowest BCUT2D eigenvalue weighted by Gasteiger charge is -2.45. The topological polar surface area (TPSA) is 148 Å². The third kappa shape index (κ3) is 11.9. The van der Waals surface area contributed by atoms with Crippen molar-refractivity contribution in [1.29, 1.82) is 0 Å². The SMILES string of the molecule is CCC(Cl)(CC)[C@@H](OCOC)C(C)(NC(=O)c1ccccc1)OC(=O)CC(=O)OC(C)(NC(=O)c1ccccc1)[C@H](OCOC)C(Cl)(CC)CC. The van der Waals surface area contributed by atoms with E-state index in [1.807, 2.05) is 27.7 Å². The first-order valence-electron chi connectivity index (χ1n) is 16.9. The first-order valence-corrected chi connectivity index (χ1v) is 17.6. The molecule has 51 heavy (non-hydrogen) atoms. The van der Waals surface area contributed by atoms with Gasteiger partial charge >= 0.3 is 11.9 Å². The summed E-state index contributed by atoms with van der Waals surface area (Å²) in [6, 6.07) is 16.6.